The minimum atomic E-state index is 0.800. The number of aromatic amines is 1. The van der Waals surface area contributed by atoms with Gasteiger partial charge >= 0.3 is 0 Å². The lowest BCUT2D eigenvalue weighted by Gasteiger charge is -2.02. The largest absolute Gasteiger partial charge is 0.316 e. The fourth-order valence-electron chi connectivity index (χ4n) is 1.87. The smallest absolute Gasteiger partial charge is 0.0810 e. The first kappa shape index (κ1) is 10.4. The van der Waals surface area contributed by atoms with E-state index < -0.39 is 0 Å². The summed E-state index contributed by atoms with van der Waals surface area (Å²) in [5.74, 6) is 0. The van der Waals surface area contributed by atoms with E-state index in [1.807, 2.05) is 25.5 Å². The molecule has 0 amide bonds. The number of fused-ring (bicyclic) bond motifs is 1. The normalized spacial score (nSPS) is 11.1. The van der Waals surface area contributed by atoms with Crippen LogP contribution < -0.4 is 5.32 Å². The number of nitrogens with zero attached hydrogens (tertiary/aromatic N) is 2. The second kappa shape index (κ2) is 4.27. The van der Waals surface area contributed by atoms with E-state index in [4.69, 9.17) is 0 Å². The summed E-state index contributed by atoms with van der Waals surface area (Å²) in [5, 5.41) is 12.3. The van der Waals surface area contributed by atoms with Crippen LogP contribution >= 0.6 is 11.3 Å². The van der Waals surface area contributed by atoms with Crippen molar-refractivity contribution >= 4 is 21.6 Å². The quantitative estimate of drug-likeness (QED) is 0.744. The molecule has 0 aliphatic rings. The van der Waals surface area contributed by atoms with Crippen LogP contribution in [-0.4, -0.2) is 22.2 Å². The average Bonchev–Trinajstić information content (AvgIpc) is 2.96. The van der Waals surface area contributed by atoms with E-state index in [1.165, 1.54) is 4.70 Å². The molecule has 0 radical (unpaired) electrons. The first-order valence-electron chi connectivity index (χ1n) is 5.39. The maximum absolute atomic E-state index is 4.44. The molecule has 0 unspecified atom stereocenters. The number of rotatable bonds is 3. The maximum atomic E-state index is 4.44. The Labute approximate surface area is 103 Å². The summed E-state index contributed by atoms with van der Waals surface area (Å²) < 4.78 is 1.20. The molecule has 0 saturated heterocycles. The molecule has 0 aliphatic carbocycles. The van der Waals surface area contributed by atoms with Crippen LogP contribution in [0.3, 0.4) is 0 Å². The molecule has 4 nitrogen and oxygen atoms in total. The predicted molar refractivity (Wildman–Crippen MR) is 70.0 cm³/mol. The molecule has 3 aromatic rings. The van der Waals surface area contributed by atoms with Gasteiger partial charge in [-0.3, -0.25) is 10.1 Å². The molecule has 3 heterocycles. The van der Waals surface area contributed by atoms with Gasteiger partial charge in [-0.2, -0.15) is 5.10 Å². The van der Waals surface area contributed by atoms with Crippen LogP contribution in [0.25, 0.3) is 21.5 Å². The van der Waals surface area contributed by atoms with Crippen LogP contribution in [-0.2, 0) is 6.54 Å². The Hall–Kier alpha value is -1.72. The van der Waals surface area contributed by atoms with E-state index in [0.29, 0.717) is 0 Å². The van der Waals surface area contributed by atoms with E-state index in [9.17, 15) is 0 Å². The molecule has 3 rings (SSSR count). The summed E-state index contributed by atoms with van der Waals surface area (Å²) in [7, 11) is 1.93. The maximum Gasteiger partial charge on any atom is 0.0810 e. The lowest BCUT2D eigenvalue weighted by atomic mass is 10.1. The molecule has 0 spiro atoms. The first-order valence-corrected chi connectivity index (χ1v) is 6.27. The molecule has 5 heteroatoms. The van der Waals surface area contributed by atoms with E-state index in [0.717, 1.165) is 28.9 Å². The zero-order valence-corrected chi connectivity index (χ0v) is 10.2. The van der Waals surface area contributed by atoms with Crippen molar-refractivity contribution in [2.24, 2.45) is 0 Å². The van der Waals surface area contributed by atoms with E-state index >= 15 is 0 Å². The molecule has 0 aromatic carbocycles. The summed E-state index contributed by atoms with van der Waals surface area (Å²) in [6.07, 6.45) is 3.74. The van der Waals surface area contributed by atoms with Gasteiger partial charge in [0.2, 0.25) is 0 Å². The van der Waals surface area contributed by atoms with Crippen LogP contribution in [0.5, 0.6) is 0 Å². The molecule has 0 atom stereocenters. The zero-order chi connectivity index (χ0) is 11.7. The highest BCUT2D eigenvalue weighted by atomic mass is 32.1. The topological polar surface area (TPSA) is 53.6 Å². The van der Waals surface area contributed by atoms with Crippen molar-refractivity contribution in [1.29, 1.82) is 0 Å². The van der Waals surface area contributed by atoms with Crippen LogP contribution in [0.1, 0.15) is 5.56 Å². The molecule has 0 fully saturated rings. The minimum absolute atomic E-state index is 0.800. The molecule has 0 bridgehead atoms. The summed E-state index contributed by atoms with van der Waals surface area (Å²) >= 11 is 1.71. The molecule has 17 heavy (non-hydrogen) atoms. The number of thiophene rings is 1. The van der Waals surface area contributed by atoms with Gasteiger partial charge in [-0.05, 0) is 24.6 Å². The third-order valence-corrected chi connectivity index (χ3v) is 3.53. The van der Waals surface area contributed by atoms with Gasteiger partial charge in [0, 0.05) is 23.9 Å². The Morgan fingerprint density at radius 3 is 3.24 bits per heavy atom. The van der Waals surface area contributed by atoms with Crippen molar-refractivity contribution in [3.8, 4) is 11.3 Å². The van der Waals surface area contributed by atoms with Crippen molar-refractivity contribution in [3.63, 3.8) is 0 Å². The van der Waals surface area contributed by atoms with Crippen molar-refractivity contribution in [2.75, 3.05) is 7.05 Å². The number of pyridine rings is 1. The third kappa shape index (κ3) is 1.83. The summed E-state index contributed by atoms with van der Waals surface area (Å²) in [6.45, 7) is 0.800. The SMILES string of the molecule is CNCc1cn[nH]c1-c1cnc2ccsc2c1. The highest BCUT2D eigenvalue weighted by Gasteiger charge is 2.08. The van der Waals surface area contributed by atoms with E-state index in [-0.39, 0.29) is 0 Å². The van der Waals surface area contributed by atoms with E-state index in [2.05, 4.69) is 31.9 Å². The fraction of sp³-hybridized carbons (Fsp3) is 0.167. The van der Waals surface area contributed by atoms with Crippen molar-refractivity contribution in [2.45, 2.75) is 6.54 Å². The van der Waals surface area contributed by atoms with Crippen molar-refractivity contribution in [1.82, 2.24) is 20.5 Å². The predicted octanol–water partition coefficient (Wildman–Crippen LogP) is 2.41. The van der Waals surface area contributed by atoms with Crippen LogP contribution in [0.2, 0.25) is 0 Å². The number of hydrogen-bond donors (Lipinski definition) is 2. The zero-order valence-electron chi connectivity index (χ0n) is 9.40. The minimum Gasteiger partial charge on any atom is -0.316 e. The second-order valence-electron chi connectivity index (χ2n) is 3.83. The van der Waals surface area contributed by atoms with Gasteiger partial charge in [-0.1, -0.05) is 0 Å². The van der Waals surface area contributed by atoms with Gasteiger partial charge in [0.1, 0.15) is 0 Å². The molecule has 2 N–H and O–H groups in total. The van der Waals surface area contributed by atoms with Gasteiger partial charge in [-0.25, -0.2) is 0 Å². The lowest BCUT2D eigenvalue weighted by molar-refractivity contribution is 0.820. The van der Waals surface area contributed by atoms with Gasteiger partial charge in [-0.15, -0.1) is 11.3 Å². The Kier molecular flexibility index (Phi) is 2.62. The number of H-pyrrole nitrogens is 1. The molecule has 86 valence electrons. The van der Waals surface area contributed by atoms with Crippen LogP contribution in [0, 0.1) is 0 Å². The standard InChI is InChI=1S/C12H12N4S/c1-13-5-9-7-15-16-12(9)8-4-11-10(14-6-8)2-3-17-11/h2-4,6-7,13H,5H2,1H3,(H,15,16). The summed E-state index contributed by atoms with van der Waals surface area (Å²) in [5.41, 5.74) is 4.34. The van der Waals surface area contributed by atoms with Gasteiger partial charge < -0.3 is 5.32 Å². The van der Waals surface area contributed by atoms with Crippen LogP contribution in [0.15, 0.2) is 29.9 Å². The van der Waals surface area contributed by atoms with Crippen molar-refractivity contribution < 1.29 is 0 Å². The number of hydrogen-bond acceptors (Lipinski definition) is 4. The number of aromatic nitrogens is 3. The molecular weight excluding hydrogens is 232 g/mol. The van der Waals surface area contributed by atoms with E-state index in [1.54, 1.807) is 11.3 Å². The summed E-state index contributed by atoms with van der Waals surface area (Å²) in [6, 6.07) is 4.19. The Balaban J connectivity index is 2.09. The van der Waals surface area contributed by atoms with Crippen molar-refractivity contribution in [3.05, 3.63) is 35.5 Å². The first-order chi connectivity index (χ1) is 8.38. The Morgan fingerprint density at radius 1 is 1.41 bits per heavy atom. The third-order valence-electron chi connectivity index (χ3n) is 2.68. The monoisotopic (exact) mass is 244 g/mol. The molecular formula is C12H12N4S. The second-order valence-corrected chi connectivity index (χ2v) is 4.78. The average molecular weight is 244 g/mol. The molecule has 0 saturated carbocycles. The highest BCUT2D eigenvalue weighted by Crippen LogP contribution is 2.26. The highest BCUT2D eigenvalue weighted by molar-refractivity contribution is 7.17. The summed E-state index contributed by atoms with van der Waals surface area (Å²) in [4.78, 5) is 4.44. The number of nitrogens with one attached hydrogen (secondary N) is 2. The van der Waals surface area contributed by atoms with Gasteiger partial charge in [0.15, 0.2) is 0 Å². The Bertz CT molecular complexity index is 641. The molecule has 3 aromatic heterocycles. The molecule has 0 aliphatic heterocycles. The fourth-order valence-corrected chi connectivity index (χ4v) is 2.65. The van der Waals surface area contributed by atoms with Gasteiger partial charge in [0.05, 0.1) is 22.1 Å². The van der Waals surface area contributed by atoms with Crippen LogP contribution in [0.4, 0.5) is 0 Å². The lowest BCUT2D eigenvalue weighted by Crippen LogP contribution is -2.05. The Morgan fingerprint density at radius 2 is 2.35 bits per heavy atom. The van der Waals surface area contributed by atoms with Gasteiger partial charge in [0.25, 0.3) is 0 Å².